The van der Waals surface area contributed by atoms with Crippen molar-refractivity contribution in [2.45, 2.75) is 13.0 Å². The van der Waals surface area contributed by atoms with E-state index in [9.17, 15) is 14.7 Å². The van der Waals surface area contributed by atoms with E-state index in [2.05, 4.69) is 10.6 Å². The smallest absolute Gasteiger partial charge is 0.313 e. The predicted octanol–water partition coefficient (Wildman–Crippen LogP) is 2.21. The van der Waals surface area contributed by atoms with E-state index >= 15 is 0 Å². The van der Waals surface area contributed by atoms with Gasteiger partial charge in [-0.3, -0.25) is 9.59 Å². The Labute approximate surface area is 122 Å². The molecule has 1 atom stereocenters. The number of carbonyl (C=O) groups excluding carboxylic acids is 2. The summed E-state index contributed by atoms with van der Waals surface area (Å²) in [5.41, 5.74) is 1.28. The van der Waals surface area contributed by atoms with Crippen LogP contribution in [0.15, 0.2) is 54.6 Å². The molecule has 5 heteroatoms. The summed E-state index contributed by atoms with van der Waals surface area (Å²) in [6.45, 7) is 1.80. The molecule has 21 heavy (non-hydrogen) atoms. The summed E-state index contributed by atoms with van der Waals surface area (Å²) >= 11 is 0. The zero-order valence-electron chi connectivity index (χ0n) is 11.5. The molecule has 108 valence electrons. The quantitative estimate of drug-likeness (QED) is 0.756. The number of phenolic OH excluding ortho intramolecular Hbond substituents is 1. The van der Waals surface area contributed by atoms with Crippen LogP contribution in [0.3, 0.4) is 0 Å². The zero-order valence-corrected chi connectivity index (χ0v) is 11.5. The maximum absolute atomic E-state index is 11.8. The molecular formula is C16H16N2O3. The molecule has 0 saturated carbocycles. The van der Waals surface area contributed by atoms with Gasteiger partial charge in [0.25, 0.3) is 0 Å². The molecule has 2 rings (SSSR count). The summed E-state index contributed by atoms with van der Waals surface area (Å²) in [5.74, 6) is -1.48. The maximum Gasteiger partial charge on any atom is 0.313 e. The van der Waals surface area contributed by atoms with Gasteiger partial charge in [0.2, 0.25) is 0 Å². The van der Waals surface area contributed by atoms with E-state index in [1.54, 1.807) is 19.1 Å². The van der Waals surface area contributed by atoms with Crippen LogP contribution in [0.4, 0.5) is 5.69 Å². The summed E-state index contributed by atoms with van der Waals surface area (Å²) in [6, 6.07) is 15.1. The van der Waals surface area contributed by atoms with E-state index in [1.807, 2.05) is 30.3 Å². The molecule has 0 aliphatic rings. The average molecular weight is 284 g/mol. The number of benzene rings is 2. The van der Waals surface area contributed by atoms with Crippen molar-refractivity contribution < 1.29 is 14.7 Å². The molecule has 0 fully saturated rings. The molecule has 1 unspecified atom stereocenters. The Morgan fingerprint density at radius 3 is 2.38 bits per heavy atom. The number of rotatable bonds is 3. The van der Waals surface area contributed by atoms with Crippen molar-refractivity contribution in [3.8, 4) is 5.75 Å². The second-order valence-corrected chi connectivity index (χ2v) is 4.61. The highest BCUT2D eigenvalue weighted by Gasteiger charge is 2.17. The second kappa shape index (κ2) is 6.56. The van der Waals surface area contributed by atoms with Crippen LogP contribution < -0.4 is 10.6 Å². The van der Waals surface area contributed by atoms with Gasteiger partial charge in [-0.1, -0.05) is 36.4 Å². The highest BCUT2D eigenvalue weighted by atomic mass is 16.3. The third-order valence-electron chi connectivity index (χ3n) is 2.96. The predicted molar refractivity (Wildman–Crippen MR) is 79.7 cm³/mol. The minimum Gasteiger partial charge on any atom is -0.508 e. The van der Waals surface area contributed by atoms with Crippen molar-refractivity contribution >= 4 is 17.5 Å². The minimum atomic E-state index is -0.775. The Kier molecular flexibility index (Phi) is 4.56. The van der Waals surface area contributed by atoms with E-state index < -0.39 is 11.8 Å². The number of nitrogens with one attached hydrogen (secondary N) is 2. The largest absolute Gasteiger partial charge is 0.508 e. The van der Waals surface area contributed by atoms with Crippen LogP contribution in [0, 0.1) is 0 Å². The Hall–Kier alpha value is -2.82. The number of aromatic hydroxyl groups is 1. The fraction of sp³-hybridized carbons (Fsp3) is 0.125. The van der Waals surface area contributed by atoms with Crippen molar-refractivity contribution in [1.29, 1.82) is 0 Å². The second-order valence-electron chi connectivity index (χ2n) is 4.61. The van der Waals surface area contributed by atoms with Gasteiger partial charge in [0.1, 0.15) is 5.75 Å². The summed E-state index contributed by atoms with van der Waals surface area (Å²) in [7, 11) is 0. The highest BCUT2D eigenvalue weighted by Crippen LogP contribution is 2.15. The zero-order chi connectivity index (χ0) is 15.2. The van der Waals surface area contributed by atoms with Crippen molar-refractivity contribution in [3.05, 3.63) is 60.2 Å². The molecule has 0 bridgehead atoms. The first kappa shape index (κ1) is 14.6. The molecule has 5 nitrogen and oxygen atoms in total. The van der Waals surface area contributed by atoms with Crippen molar-refractivity contribution in [2.24, 2.45) is 0 Å². The van der Waals surface area contributed by atoms with Crippen LogP contribution in [0.2, 0.25) is 0 Å². The Bertz CT molecular complexity index is 641. The highest BCUT2D eigenvalue weighted by molar-refractivity contribution is 6.39. The van der Waals surface area contributed by atoms with Gasteiger partial charge in [0.15, 0.2) is 0 Å². The number of anilines is 1. The lowest BCUT2D eigenvalue weighted by Gasteiger charge is -2.14. The van der Waals surface area contributed by atoms with Crippen LogP contribution >= 0.6 is 0 Å². The molecule has 2 amide bonds. The van der Waals surface area contributed by atoms with Crippen molar-refractivity contribution in [3.63, 3.8) is 0 Å². The van der Waals surface area contributed by atoms with Gasteiger partial charge in [-0.15, -0.1) is 0 Å². The summed E-state index contributed by atoms with van der Waals surface area (Å²) < 4.78 is 0. The summed E-state index contributed by atoms with van der Waals surface area (Å²) in [4.78, 5) is 23.6. The number of carbonyl (C=O) groups is 2. The number of phenols is 1. The average Bonchev–Trinajstić information content (AvgIpc) is 2.48. The lowest BCUT2D eigenvalue weighted by Crippen LogP contribution is -2.36. The van der Waals surface area contributed by atoms with Gasteiger partial charge in [-0.2, -0.15) is 0 Å². The third-order valence-corrected chi connectivity index (χ3v) is 2.96. The molecule has 0 aliphatic heterocycles. The van der Waals surface area contributed by atoms with E-state index in [0.717, 1.165) is 5.56 Å². The van der Waals surface area contributed by atoms with Gasteiger partial charge >= 0.3 is 11.8 Å². The van der Waals surface area contributed by atoms with Crippen LogP contribution in [-0.2, 0) is 9.59 Å². The van der Waals surface area contributed by atoms with Gasteiger partial charge in [0, 0.05) is 11.8 Å². The molecule has 0 radical (unpaired) electrons. The van der Waals surface area contributed by atoms with E-state index in [1.165, 1.54) is 12.1 Å². The topological polar surface area (TPSA) is 78.4 Å². The Morgan fingerprint density at radius 2 is 1.71 bits per heavy atom. The first-order valence-electron chi connectivity index (χ1n) is 6.52. The fourth-order valence-corrected chi connectivity index (χ4v) is 1.86. The third kappa shape index (κ3) is 4.07. The van der Waals surface area contributed by atoms with E-state index in [-0.39, 0.29) is 11.8 Å². The maximum atomic E-state index is 11.8. The van der Waals surface area contributed by atoms with E-state index in [0.29, 0.717) is 5.69 Å². The monoisotopic (exact) mass is 284 g/mol. The molecule has 0 heterocycles. The fourth-order valence-electron chi connectivity index (χ4n) is 1.86. The van der Waals surface area contributed by atoms with Crippen LogP contribution in [0.25, 0.3) is 0 Å². The van der Waals surface area contributed by atoms with Gasteiger partial charge in [0.05, 0.1) is 6.04 Å². The SMILES string of the molecule is CC(NC(=O)C(=O)Nc1cccc(O)c1)c1ccccc1. The van der Waals surface area contributed by atoms with E-state index in [4.69, 9.17) is 0 Å². The normalized spacial score (nSPS) is 11.5. The molecule has 2 aromatic rings. The number of hydrogen-bond acceptors (Lipinski definition) is 3. The number of amides is 2. The first-order chi connectivity index (χ1) is 10.1. The Morgan fingerprint density at radius 1 is 1.00 bits per heavy atom. The molecular weight excluding hydrogens is 268 g/mol. The van der Waals surface area contributed by atoms with Gasteiger partial charge < -0.3 is 15.7 Å². The standard InChI is InChI=1S/C16H16N2O3/c1-11(12-6-3-2-4-7-12)17-15(20)16(21)18-13-8-5-9-14(19)10-13/h2-11,19H,1H3,(H,17,20)(H,18,21). The Balaban J connectivity index is 1.95. The minimum absolute atomic E-state index is 0.0193. The summed E-state index contributed by atoms with van der Waals surface area (Å²) in [6.07, 6.45) is 0. The summed E-state index contributed by atoms with van der Waals surface area (Å²) in [5, 5.41) is 14.4. The van der Waals surface area contributed by atoms with Crippen molar-refractivity contribution in [1.82, 2.24) is 5.32 Å². The molecule has 0 spiro atoms. The molecule has 3 N–H and O–H groups in total. The molecule has 0 saturated heterocycles. The van der Waals surface area contributed by atoms with Gasteiger partial charge in [-0.25, -0.2) is 0 Å². The van der Waals surface area contributed by atoms with Crippen LogP contribution in [-0.4, -0.2) is 16.9 Å². The molecule has 0 aromatic heterocycles. The van der Waals surface area contributed by atoms with Crippen LogP contribution in [0.5, 0.6) is 5.75 Å². The lowest BCUT2D eigenvalue weighted by molar-refractivity contribution is -0.136. The van der Waals surface area contributed by atoms with Crippen LogP contribution in [0.1, 0.15) is 18.5 Å². The lowest BCUT2D eigenvalue weighted by atomic mass is 10.1. The first-order valence-corrected chi connectivity index (χ1v) is 6.52. The molecule has 0 aliphatic carbocycles. The molecule has 2 aromatic carbocycles. The van der Waals surface area contributed by atoms with Gasteiger partial charge in [-0.05, 0) is 24.6 Å². The van der Waals surface area contributed by atoms with Crippen molar-refractivity contribution in [2.75, 3.05) is 5.32 Å². The number of hydrogen-bond donors (Lipinski definition) is 3.